The minimum atomic E-state index is 0.0985. The van der Waals surface area contributed by atoms with Gasteiger partial charge in [-0.25, -0.2) is 0 Å². The standard InChI is InChI=1S/C16H24N2OS/c1-4-18-9-5-6-13(18)11-17(3)16(19)15-10-14(20)8-7-12(15)2/h7-8,10,13,20H,4-6,9,11H2,1-3H3. The Hall–Kier alpha value is -1.00. The molecule has 110 valence electrons. The van der Waals surface area contributed by atoms with Gasteiger partial charge < -0.3 is 4.90 Å². The lowest BCUT2D eigenvalue weighted by Crippen LogP contribution is -2.41. The van der Waals surface area contributed by atoms with Gasteiger partial charge in [-0.2, -0.15) is 0 Å². The monoisotopic (exact) mass is 292 g/mol. The molecule has 0 bridgehead atoms. The first kappa shape index (κ1) is 15.4. The fourth-order valence-corrected chi connectivity index (χ4v) is 3.17. The molecule has 0 saturated carbocycles. The molecule has 20 heavy (non-hydrogen) atoms. The smallest absolute Gasteiger partial charge is 0.253 e. The molecule has 0 aliphatic carbocycles. The minimum absolute atomic E-state index is 0.0985. The van der Waals surface area contributed by atoms with Crippen LogP contribution >= 0.6 is 12.6 Å². The van der Waals surface area contributed by atoms with E-state index in [1.165, 1.54) is 12.8 Å². The number of nitrogens with zero attached hydrogens (tertiary/aromatic N) is 2. The van der Waals surface area contributed by atoms with Crippen LogP contribution in [0.5, 0.6) is 0 Å². The van der Waals surface area contributed by atoms with Gasteiger partial charge in [-0.15, -0.1) is 12.6 Å². The third-order valence-electron chi connectivity index (χ3n) is 4.19. The quantitative estimate of drug-likeness (QED) is 0.863. The normalized spacial score (nSPS) is 19.3. The van der Waals surface area contributed by atoms with Crippen molar-refractivity contribution in [1.82, 2.24) is 9.80 Å². The molecule has 1 amide bonds. The highest BCUT2D eigenvalue weighted by atomic mass is 32.1. The zero-order valence-electron chi connectivity index (χ0n) is 12.6. The molecule has 1 unspecified atom stereocenters. The van der Waals surface area contributed by atoms with Crippen LogP contribution in [0.2, 0.25) is 0 Å². The summed E-state index contributed by atoms with van der Waals surface area (Å²) in [4.78, 5) is 17.7. The molecule has 1 aromatic carbocycles. The number of amides is 1. The highest BCUT2D eigenvalue weighted by molar-refractivity contribution is 7.80. The molecule has 4 heteroatoms. The van der Waals surface area contributed by atoms with Gasteiger partial charge in [-0.3, -0.25) is 9.69 Å². The van der Waals surface area contributed by atoms with Gasteiger partial charge in [-0.05, 0) is 50.6 Å². The Balaban J connectivity index is 2.07. The second-order valence-corrected chi connectivity index (χ2v) is 6.13. The number of likely N-dealkylation sites (tertiary alicyclic amines) is 1. The van der Waals surface area contributed by atoms with Crippen molar-refractivity contribution < 1.29 is 4.79 Å². The molecule has 1 aliphatic rings. The van der Waals surface area contributed by atoms with Crippen LogP contribution in [0, 0.1) is 6.92 Å². The van der Waals surface area contributed by atoms with E-state index >= 15 is 0 Å². The first-order valence-corrected chi connectivity index (χ1v) is 7.76. The van der Waals surface area contributed by atoms with E-state index in [0.717, 1.165) is 35.7 Å². The van der Waals surface area contributed by atoms with Gasteiger partial charge in [0.15, 0.2) is 0 Å². The lowest BCUT2D eigenvalue weighted by atomic mass is 10.1. The number of carbonyl (C=O) groups is 1. The lowest BCUT2D eigenvalue weighted by Gasteiger charge is -2.28. The summed E-state index contributed by atoms with van der Waals surface area (Å²) in [5, 5.41) is 0. The number of likely N-dealkylation sites (N-methyl/N-ethyl adjacent to an activating group) is 2. The van der Waals surface area contributed by atoms with E-state index in [4.69, 9.17) is 0 Å². The lowest BCUT2D eigenvalue weighted by molar-refractivity contribution is 0.0753. The Labute approximate surface area is 127 Å². The first-order chi connectivity index (χ1) is 9.52. The van der Waals surface area contributed by atoms with E-state index in [-0.39, 0.29) is 5.91 Å². The van der Waals surface area contributed by atoms with Crippen LogP contribution in [0.3, 0.4) is 0 Å². The molecule has 1 aliphatic heterocycles. The van der Waals surface area contributed by atoms with E-state index in [1.54, 1.807) is 0 Å². The average Bonchev–Trinajstić information content (AvgIpc) is 2.87. The van der Waals surface area contributed by atoms with Crippen molar-refractivity contribution in [3.05, 3.63) is 29.3 Å². The predicted molar refractivity (Wildman–Crippen MR) is 85.7 cm³/mol. The van der Waals surface area contributed by atoms with Crippen molar-refractivity contribution in [2.75, 3.05) is 26.7 Å². The zero-order chi connectivity index (χ0) is 14.7. The highest BCUT2D eigenvalue weighted by Gasteiger charge is 2.26. The summed E-state index contributed by atoms with van der Waals surface area (Å²) in [6.45, 7) is 7.20. The number of thiol groups is 1. The maximum atomic E-state index is 12.6. The van der Waals surface area contributed by atoms with Crippen LogP contribution in [0.25, 0.3) is 0 Å². The summed E-state index contributed by atoms with van der Waals surface area (Å²) < 4.78 is 0. The van der Waals surface area contributed by atoms with Gasteiger partial charge in [0.2, 0.25) is 0 Å². The molecular formula is C16H24N2OS. The van der Waals surface area contributed by atoms with Crippen molar-refractivity contribution in [2.24, 2.45) is 0 Å². The minimum Gasteiger partial charge on any atom is -0.340 e. The van der Waals surface area contributed by atoms with Gasteiger partial charge >= 0.3 is 0 Å². The van der Waals surface area contributed by atoms with Gasteiger partial charge in [0.05, 0.1) is 0 Å². The topological polar surface area (TPSA) is 23.6 Å². The number of carbonyl (C=O) groups excluding carboxylic acids is 1. The van der Waals surface area contributed by atoms with E-state index in [0.29, 0.717) is 6.04 Å². The zero-order valence-corrected chi connectivity index (χ0v) is 13.5. The molecule has 2 rings (SSSR count). The molecule has 0 N–H and O–H groups in total. The largest absolute Gasteiger partial charge is 0.340 e. The Morgan fingerprint density at radius 3 is 2.95 bits per heavy atom. The van der Waals surface area contributed by atoms with Crippen LogP contribution in [0.1, 0.15) is 35.7 Å². The van der Waals surface area contributed by atoms with Gasteiger partial charge in [-0.1, -0.05) is 13.0 Å². The summed E-state index contributed by atoms with van der Waals surface area (Å²) in [5.41, 5.74) is 1.78. The Morgan fingerprint density at radius 1 is 1.50 bits per heavy atom. The fourth-order valence-electron chi connectivity index (χ4n) is 2.96. The average molecular weight is 292 g/mol. The van der Waals surface area contributed by atoms with Crippen LogP contribution in [-0.4, -0.2) is 48.4 Å². The highest BCUT2D eigenvalue weighted by Crippen LogP contribution is 2.20. The predicted octanol–water partition coefficient (Wildman–Crippen LogP) is 2.84. The van der Waals surface area contributed by atoms with Gasteiger partial charge in [0, 0.05) is 30.1 Å². The van der Waals surface area contributed by atoms with Crippen molar-refractivity contribution in [1.29, 1.82) is 0 Å². The van der Waals surface area contributed by atoms with E-state index in [9.17, 15) is 4.79 Å². The number of benzene rings is 1. The fraction of sp³-hybridized carbons (Fsp3) is 0.562. The van der Waals surface area contributed by atoms with Gasteiger partial charge in [0.25, 0.3) is 5.91 Å². The van der Waals surface area contributed by atoms with Gasteiger partial charge in [0.1, 0.15) is 0 Å². The number of hydrogen-bond acceptors (Lipinski definition) is 3. The first-order valence-electron chi connectivity index (χ1n) is 7.32. The van der Waals surface area contributed by atoms with Crippen molar-refractivity contribution >= 4 is 18.5 Å². The molecule has 1 atom stereocenters. The van der Waals surface area contributed by atoms with E-state index < -0.39 is 0 Å². The third-order valence-corrected chi connectivity index (χ3v) is 4.47. The number of aryl methyl sites for hydroxylation is 1. The Kier molecular flexibility index (Phi) is 5.11. The Bertz CT molecular complexity index is 489. The second-order valence-electron chi connectivity index (χ2n) is 5.61. The summed E-state index contributed by atoms with van der Waals surface area (Å²) in [6.07, 6.45) is 2.43. The molecule has 0 aromatic heterocycles. The van der Waals surface area contributed by atoms with Crippen molar-refractivity contribution in [2.45, 2.75) is 37.6 Å². The molecule has 1 aromatic rings. The summed E-state index contributed by atoms with van der Waals surface area (Å²) in [5.74, 6) is 0.0985. The maximum absolute atomic E-state index is 12.6. The van der Waals surface area contributed by atoms with E-state index in [2.05, 4.69) is 24.5 Å². The third kappa shape index (κ3) is 3.36. The van der Waals surface area contributed by atoms with Crippen LogP contribution < -0.4 is 0 Å². The van der Waals surface area contributed by atoms with Crippen LogP contribution in [0.4, 0.5) is 0 Å². The van der Waals surface area contributed by atoms with Crippen molar-refractivity contribution in [3.8, 4) is 0 Å². The molecule has 1 heterocycles. The number of hydrogen-bond donors (Lipinski definition) is 1. The summed E-state index contributed by atoms with van der Waals surface area (Å²) >= 11 is 4.33. The molecule has 1 fully saturated rings. The van der Waals surface area contributed by atoms with E-state index in [1.807, 2.05) is 37.1 Å². The molecule has 1 saturated heterocycles. The molecular weight excluding hydrogens is 268 g/mol. The van der Waals surface area contributed by atoms with Crippen LogP contribution in [-0.2, 0) is 0 Å². The Morgan fingerprint density at radius 2 is 2.25 bits per heavy atom. The maximum Gasteiger partial charge on any atom is 0.253 e. The summed E-state index contributed by atoms with van der Waals surface area (Å²) in [7, 11) is 1.90. The SMILES string of the molecule is CCN1CCCC1CN(C)C(=O)c1cc(S)ccc1C. The second kappa shape index (κ2) is 6.64. The molecule has 0 spiro atoms. The van der Waals surface area contributed by atoms with Crippen LogP contribution in [0.15, 0.2) is 23.1 Å². The molecule has 0 radical (unpaired) electrons. The number of rotatable bonds is 4. The van der Waals surface area contributed by atoms with Crippen molar-refractivity contribution in [3.63, 3.8) is 0 Å². The summed E-state index contributed by atoms with van der Waals surface area (Å²) in [6, 6.07) is 6.25. The molecule has 3 nitrogen and oxygen atoms in total.